The molecular weight excluding hydrogens is 453 g/mol. The van der Waals surface area contributed by atoms with Crippen molar-refractivity contribution in [2.45, 2.75) is 0 Å². The molecule has 158 valence electrons. The lowest BCUT2D eigenvalue weighted by Gasteiger charge is -2.14. The average molecular weight is 470 g/mol. The Morgan fingerprint density at radius 3 is 2.27 bits per heavy atom. The number of amides is 1. The van der Waals surface area contributed by atoms with Crippen LogP contribution < -0.4 is 19.5 Å². The smallest absolute Gasteiger partial charge is 0.350 e. The summed E-state index contributed by atoms with van der Waals surface area (Å²) in [6, 6.07) is 8.25. The Bertz CT molecular complexity index is 1090. The number of carbonyl (C=O) groups is 2. The molecule has 0 aliphatic heterocycles. The number of fused-ring (bicyclic) bond motifs is 1. The first-order chi connectivity index (χ1) is 14.4. The largest absolute Gasteiger partial charge is 0.493 e. The van der Waals surface area contributed by atoms with E-state index in [0.29, 0.717) is 33.3 Å². The monoisotopic (exact) mass is 469 g/mol. The number of carbonyl (C=O) groups excluding carboxylic acids is 2. The summed E-state index contributed by atoms with van der Waals surface area (Å²) in [6.07, 6.45) is 0. The van der Waals surface area contributed by atoms with Crippen molar-refractivity contribution in [3.63, 3.8) is 0 Å². The van der Waals surface area contributed by atoms with Crippen molar-refractivity contribution in [3.05, 3.63) is 45.3 Å². The minimum atomic E-state index is -0.697. The van der Waals surface area contributed by atoms with Crippen LogP contribution in [0.15, 0.2) is 30.3 Å². The molecule has 10 heteroatoms. The number of hydrogen-bond acceptors (Lipinski definition) is 7. The molecule has 0 bridgehead atoms. The number of thiophene rings is 1. The maximum Gasteiger partial charge on any atom is 0.350 e. The second kappa shape index (κ2) is 9.42. The fourth-order valence-electron chi connectivity index (χ4n) is 2.72. The second-order valence-electron chi connectivity index (χ2n) is 5.92. The van der Waals surface area contributed by atoms with E-state index in [9.17, 15) is 9.59 Å². The summed E-state index contributed by atoms with van der Waals surface area (Å²) in [6.45, 7) is -0.499. The van der Waals surface area contributed by atoms with Crippen LogP contribution in [0.4, 0.5) is 5.69 Å². The molecule has 0 aliphatic rings. The molecule has 0 radical (unpaired) electrons. The summed E-state index contributed by atoms with van der Waals surface area (Å²) in [5, 5.41) is 4.11. The van der Waals surface area contributed by atoms with Gasteiger partial charge in [-0.2, -0.15) is 0 Å². The summed E-state index contributed by atoms with van der Waals surface area (Å²) >= 11 is 13.4. The summed E-state index contributed by atoms with van der Waals surface area (Å²) in [4.78, 5) is 24.9. The van der Waals surface area contributed by atoms with Crippen molar-refractivity contribution in [1.82, 2.24) is 0 Å². The lowest BCUT2D eigenvalue weighted by molar-refractivity contribution is -0.119. The SMILES string of the molecule is COc1cc(NC(=O)COC(=O)c2sc3cc(Cl)ccc3c2Cl)cc(OC)c1OC. The van der Waals surface area contributed by atoms with Gasteiger partial charge in [0, 0.05) is 32.9 Å². The van der Waals surface area contributed by atoms with Gasteiger partial charge in [-0.25, -0.2) is 4.79 Å². The van der Waals surface area contributed by atoms with Crippen LogP contribution in [0.25, 0.3) is 10.1 Å². The fourth-order valence-corrected chi connectivity index (χ4v) is 4.40. The van der Waals surface area contributed by atoms with Gasteiger partial charge in [-0.15, -0.1) is 11.3 Å². The van der Waals surface area contributed by atoms with Gasteiger partial charge in [-0.05, 0) is 12.1 Å². The van der Waals surface area contributed by atoms with E-state index in [0.717, 1.165) is 16.0 Å². The lowest BCUT2D eigenvalue weighted by Crippen LogP contribution is -2.20. The molecule has 1 N–H and O–H groups in total. The molecule has 0 aliphatic carbocycles. The summed E-state index contributed by atoms with van der Waals surface area (Å²) in [7, 11) is 4.41. The normalized spacial score (nSPS) is 10.6. The summed E-state index contributed by atoms with van der Waals surface area (Å²) < 4.78 is 21.6. The fraction of sp³-hybridized carbons (Fsp3) is 0.200. The molecule has 2 aromatic carbocycles. The van der Waals surface area contributed by atoms with E-state index in [2.05, 4.69) is 5.32 Å². The number of esters is 1. The number of rotatable bonds is 7. The Hall–Kier alpha value is -2.68. The Morgan fingerprint density at radius 2 is 1.67 bits per heavy atom. The molecule has 0 atom stereocenters. The van der Waals surface area contributed by atoms with Crippen molar-refractivity contribution in [2.75, 3.05) is 33.3 Å². The quantitative estimate of drug-likeness (QED) is 0.488. The van der Waals surface area contributed by atoms with Crippen molar-refractivity contribution >= 4 is 62.2 Å². The molecule has 3 rings (SSSR count). The van der Waals surface area contributed by atoms with Gasteiger partial charge in [0.2, 0.25) is 5.75 Å². The minimum absolute atomic E-state index is 0.203. The van der Waals surface area contributed by atoms with E-state index in [4.69, 9.17) is 42.1 Å². The predicted molar refractivity (Wildman–Crippen MR) is 117 cm³/mol. The van der Waals surface area contributed by atoms with E-state index >= 15 is 0 Å². The maximum atomic E-state index is 12.4. The lowest BCUT2D eigenvalue weighted by atomic mass is 10.2. The number of methoxy groups -OCH3 is 3. The van der Waals surface area contributed by atoms with Crippen LogP contribution in [0.1, 0.15) is 9.67 Å². The first kappa shape index (κ1) is 22.0. The van der Waals surface area contributed by atoms with Crippen LogP contribution in [0, 0.1) is 0 Å². The Kier molecular flexibility index (Phi) is 6.91. The van der Waals surface area contributed by atoms with Crippen molar-refractivity contribution in [1.29, 1.82) is 0 Å². The Morgan fingerprint density at radius 1 is 1.00 bits per heavy atom. The summed E-state index contributed by atoms with van der Waals surface area (Å²) in [5.41, 5.74) is 0.389. The highest BCUT2D eigenvalue weighted by Gasteiger charge is 2.20. The zero-order chi connectivity index (χ0) is 21.8. The highest BCUT2D eigenvalue weighted by Crippen LogP contribution is 2.40. The molecule has 30 heavy (non-hydrogen) atoms. The van der Waals surface area contributed by atoms with Crippen LogP contribution in [-0.4, -0.2) is 39.8 Å². The maximum absolute atomic E-state index is 12.4. The van der Waals surface area contributed by atoms with Gasteiger partial charge in [-0.3, -0.25) is 4.79 Å². The van der Waals surface area contributed by atoms with Gasteiger partial charge < -0.3 is 24.3 Å². The van der Waals surface area contributed by atoms with E-state index in [1.54, 1.807) is 30.3 Å². The molecule has 0 spiro atoms. The van der Waals surface area contributed by atoms with Gasteiger partial charge in [0.25, 0.3) is 5.91 Å². The zero-order valence-corrected chi connectivity index (χ0v) is 18.5. The number of nitrogens with one attached hydrogen (secondary N) is 1. The van der Waals surface area contributed by atoms with E-state index in [1.807, 2.05) is 0 Å². The third-order valence-electron chi connectivity index (χ3n) is 4.06. The topological polar surface area (TPSA) is 83.1 Å². The average Bonchev–Trinajstić information content (AvgIpc) is 3.06. The van der Waals surface area contributed by atoms with E-state index in [-0.39, 0.29) is 9.90 Å². The first-order valence-corrected chi connectivity index (χ1v) is 10.1. The standard InChI is InChI=1S/C20H17Cl2NO6S/c1-26-13-7-11(8-14(27-2)18(13)28-3)23-16(24)9-29-20(25)19-17(22)12-5-4-10(21)6-15(12)30-19/h4-8H,9H2,1-3H3,(H,23,24). The van der Waals surface area contributed by atoms with Crippen LogP contribution >= 0.6 is 34.5 Å². The zero-order valence-electron chi connectivity index (χ0n) is 16.2. The van der Waals surface area contributed by atoms with Gasteiger partial charge in [0.15, 0.2) is 18.1 Å². The number of anilines is 1. The van der Waals surface area contributed by atoms with Gasteiger partial charge in [-0.1, -0.05) is 29.3 Å². The molecule has 1 aromatic heterocycles. The van der Waals surface area contributed by atoms with E-state index in [1.165, 1.54) is 21.3 Å². The van der Waals surface area contributed by atoms with Crippen LogP contribution in [-0.2, 0) is 9.53 Å². The van der Waals surface area contributed by atoms with Gasteiger partial charge in [0.1, 0.15) is 4.88 Å². The Balaban J connectivity index is 1.69. The van der Waals surface area contributed by atoms with Crippen molar-refractivity contribution in [2.24, 2.45) is 0 Å². The molecule has 7 nitrogen and oxygen atoms in total. The third kappa shape index (κ3) is 4.56. The molecule has 0 saturated carbocycles. The summed E-state index contributed by atoms with van der Waals surface area (Å²) in [5.74, 6) is -0.0982. The number of hydrogen-bond donors (Lipinski definition) is 1. The minimum Gasteiger partial charge on any atom is -0.493 e. The number of halogens is 2. The molecule has 0 saturated heterocycles. The number of ether oxygens (including phenoxy) is 4. The Labute approximate surface area is 186 Å². The number of benzene rings is 2. The first-order valence-electron chi connectivity index (χ1n) is 8.52. The van der Waals surface area contributed by atoms with Crippen LogP contribution in [0.3, 0.4) is 0 Å². The molecule has 1 heterocycles. The van der Waals surface area contributed by atoms with Gasteiger partial charge >= 0.3 is 5.97 Å². The molecular formula is C20H17Cl2NO6S. The second-order valence-corrected chi connectivity index (χ2v) is 7.79. The van der Waals surface area contributed by atoms with Crippen LogP contribution in [0.2, 0.25) is 10.0 Å². The highest BCUT2D eigenvalue weighted by molar-refractivity contribution is 7.21. The van der Waals surface area contributed by atoms with Crippen molar-refractivity contribution < 1.29 is 28.5 Å². The third-order valence-corrected chi connectivity index (χ3v) is 5.93. The molecule has 1 amide bonds. The van der Waals surface area contributed by atoms with Gasteiger partial charge in [0.05, 0.1) is 26.4 Å². The van der Waals surface area contributed by atoms with Crippen LogP contribution in [0.5, 0.6) is 17.2 Å². The molecule has 0 unspecified atom stereocenters. The highest BCUT2D eigenvalue weighted by atomic mass is 35.5. The van der Waals surface area contributed by atoms with E-state index < -0.39 is 18.5 Å². The molecule has 3 aromatic rings. The predicted octanol–water partition coefficient (Wildman–Crippen LogP) is 5.03. The molecule has 0 fully saturated rings. The van der Waals surface area contributed by atoms with Crippen molar-refractivity contribution in [3.8, 4) is 17.2 Å².